The predicted octanol–water partition coefficient (Wildman–Crippen LogP) is 4.79. The van der Waals surface area contributed by atoms with E-state index in [1.165, 1.54) is 30.6 Å². The van der Waals surface area contributed by atoms with E-state index in [0.717, 1.165) is 11.3 Å². The molecule has 1 rings (SSSR count). The molecular weight excluding hydrogens is 252 g/mol. The molecule has 0 saturated carbocycles. The zero-order chi connectivity index (χ0) is 13.9. The molecule has 3 heteroatoms. The Morgan fingerprint density at radius 3 is 2.37 bits per heavy atom. The van der Waals surface area contributed by atoms with Crippen molar-refractivity contribution in [3.63, 3.8) is 0 Å². The molecule has 1 aromatic rings. The van der Waals surface area contributed by atoms with Gasteiger partial charge in [0, 0.05) is 4.90 Å². The monoisotopic (exact) mass is 270 g/mol. The van der Waals surface area contributed by atoms with E-state index >= 15 is 0 Å². The lowest BCUT2D eigenvalue weighted by atomic mass is 10.1. The van der Waals surface area contributed by atoms with Crippen molar-refractivity contribution in [2.45, 2.75) is 37.5 Å². The zero-order valence-electron chi connectivity index (χ0n) is 11.2. The summed E-state index contributed by atoms with van der Waals surface area (Å²) in [4.78, 5) is 1.24. The van der Waals surface area contributed by atoms with Crippen molar-refractivity contribution < 1.29 is 0 Å². The number of unbranched alkanes of at least 4 members (excludes halogenated alkanes) is 3. The van der Waals surface area contributed by atoms with Gasteiger partial charge in [0.2, 0.25) is 0 Å². The standard InChI is InChI=1S/C16H18N2S/c1-2-3-4-5-10-19-16-8-6-14(7-9-16)11-15(12-17)13-18/h6-9,11H,2-5,10H2,1H3. The van der Waals surface area contributed by atoms with Gasteiger partial charge in [0.1, 0.15) is 17.7 Å². The second-order valence-corrected chi connectivity index (χ2v) is 5.43. The van der Waals surface area contributed by atoms with E-state index < -0.39 is 0 Å². The molecule has 0 aromatic heterocycles. The van der Waals surface area contributed by atoms with Crippen LogP contribution in [0.5, 0.6) is 0 Å². The molecule has 0 aliphatic heterocycles. The van der Waals surface area contributed by atoms with Gasteiger partial charge in [-0.15, -0.1) is 11.8 Å². The number of rotatable bonds is 7. The van der Waals surface area contributed by atoms with Crippen molar-refractivity contribution >= 4 is 17.8 Å². The summed E-state index contributed by atoms with van der Waals surface area (Å²) in [5.41, 5.74) is 1.04. The summed E-state index contributed by atoms with van der Waals surface area (Å²) in [6.07, 6.45) is 6.75. The minimum Gasteiger partial charge on any atom is -0.192 e. The number of nitriles is 2. The van der Waals surface area contributed by atoms with Crippen LogP contribution in [-0.4, -0.2) is 5.75 Å². The maximum atomic E-state index is 8.68. The molecule has 0 spiro atoms. The van der Waals surface area contributed by atoms with Crippen LogP contribution in [0.15, 0.2) is 34.7 Å². The Balaban J connectivity index is 2.47. The Kier molecular flexibility index (Phi) is 7.47. The average Bonchev–Trinajstić information content (AvgIpc) is 2.46. The van der Waals surface area contributed by atoms with Gasteiger partial charge in [-0.3, -0.25) is 0 Å². The van der Waals surface area contributed by atoms with Crippen molar-refractivity contribution in [1.82, 2.24) is 0 Å². The molecule has 0 amide bonds. The number of benzene rings is 1. The average molecular weight is 270 g/mol. The number of hydrogen-bond donors (Lipinski definition) is 0. The molecule has 0 unspecified atom stereocenters. The first-order valence-corrected chi connectivity index (χ1v) is 7.53. The molecule has 0 heterocycles. The highest BCUT2D eigenvalue weighted by Gasteiger charge is 1.97. The first kappa shape index (κ1) is 15.3. The summed E-state index contributed by atoms with van der Waals surface area (Å²) in [7, 11) is 0. The first-order valence-electron chi connectivity index (χ1n) is 6.55. The number of allylic oxidation sites excluding steroid dienone is 1. The molecule has 0 bridgehead atoms. The van der Waals surface area contributed by atoms with Gasteiger partial charge in [-0.2, -0.15) is 10.5 Å². The third-order valence-corrected chi connectivity index (χ3v) is 3.80. The van der Waals surface area contributed by atoms with Crippen LogP contribution in [0.3, 0.4) is 0 Å². The Bertz CT molecular complexity index is 473. The molecule has 0 N–H and O–H groups in total. The lowest BCUT2D eigenvalue weighted by Crippen LogP contribution is -1.82. The highest BCUT2D eigenvalue weighted by Crippen LogP contribution is 2.21. The number of thioether (sulfide) groups is 1. The molecule has 0 saturated heterocycles. The zero-order valence-corrected chi connectivity index (χ0v) is 12.0. The van der Waals surface area contributed by atoms with E-state index in [-0.39, 0.29) is 5.57 Å². The lowest BCUT2D eigenvalue weighted by Gasteiger charge is -2.02. The fourth-order valence-corrected chi connectivity index (χ4v) is 2.55. The second kappa shape index (κ2) is 9.25. The van der Waals surface area contributed by atoms with E-state index in [1.54, 1.807) is 6.08 Å². The predicted molar refractivity (Wildman–Crippen MR) is 80.5 cm³/mol. The second-order valence-electron chi connectivity index (χ2n) is 4.26. The molecule has 0 fully saturated rings. The van der Waals surface area contributed by atoms with Gasteiger partial charge in [-0.05, 0) is 35.9 Å². The van der Waals surface area contributed by atoms with Gasteiger partial charge in [0.25, 0.3) is 0 Å². The SMILES string of the molecule is CCCCCCSc1ccc(C=C(C#N)C#N)cc1. The molecule has 1 aromatic carbocycles. The molecule has 0 aliphatic carbocycles. The Morgan fingerprint density at radius 2 is 1.79 bits per heavy atom. The molecule has 19 heavy (non-hydrogen) atoms. The smallest absolute Gasteiger partial charge is 0.130 e. The molecule has 0 radical (unpaired) electrons. The minimum atomic E-state index is 0.139. The molecule has 2 nitrogen and oxygen atoms in total. The number of hydrogen-bond acceptors (Lipinski definition) is 3. The first-order chi connectivity index (χ1) is 9.30. The maximum Gasteiger partial charge on any atom is 0.130 e. The minimum absolute atomic E-state index is 0.139. The van der Waals surface area contributed by atoms with Crippen LogP contribution in [0.25, 0.3) is 6.08 Å². The van der Waals surface area contributed by atoms with E-state index in [4.69, 9.17) is 10.5 Å². The van der Waals surface area contributed by atoms with Crippen LogP contribution >= 0.6 is 11.8 Å². The molecule has 98 valence electrons. The summed E-state index contributed by atoms with van der Waals surface area (Å²) in [6.45, 7) is 2.22. The van der Waals surface area contributed by atoms with Crippen molar-refractivity contribution in [3.8, 4) is 12.1 Å². The van der Waals surface area contributed by atoms with Crippen molar-refractivity contribution in [2.24, 2.45) is 0 Å². The molecule has 0 atom stereocenters. The fraction of sp³-hybridized carbons (Fsp3) is 0.375. The largest absolute Gasteiger partial charge is 0.192 e. The van der Waals surface area contributed by atoms with E-state index in [1.807, 2.05) is 48.2 Å². The van der Waals surface area contributed by atoms with E-state index in [9.17, 15) is 0 Å². The molecule has 0 aliphatic rings. The fourth-order valence-electron chi connectivity index (χ4n) is 1.64. The summed E-state index contributed by atoms with van der Waals surface area (Å²) in [5.74, 6) is 1.15. The van der Waals surface area contributed by atoms with Crippen molar-refractivity contribution in [1.29, 1.82) is 10.5 Å². The highest BCUT2D eigenvalue weighted by molar-refractivity contribution is 7.99. The van der Waals surface area contributed by atoms with E-state index in [0.29, 0.717) is 0 Å². The van der Waals surface area contributed by atoms with Crippen LogP contribution in [0, 0.1) is 22.7 Å². The van der Waals surface area contributed by atoms with Crippen LogP contribution < -0.4 is 0 Å². The third kappa shape index (κ3) is 6.13. The van der Waals surface area contributed by atoms with Crippen molar-refractivity contribution in [2.75, 3.05) is 5.75 Å². The van der Waals surface area contributed by atoms with Gasteiger partial charge in [0.15, 0.2) is 0 Å². The van der Waals surface area contributed by atoms with Gasteiger partial charge in [-0.25, -0.2) is 0 Å². The topological polar surface area (TPSA) is 47.6 Å². The maximum absolute atomic E-state index is 8.68. The quantitative estimate of drug-likeness (QED) is 0.406. The summed E-state index contributed by atoms with van der Waals surface area (Å²) in [5, 5.41) is 17.4. The van der Waals surface area contributed by atoms with Gasteiger partial charge < -0.3 is 0 Å². The van der Waals surface area contributed by atoms with Crippen LogP contribution in [0.2, 0.25) is 0 Å². The van der Waals surface area contributed by atoms with Gasteiger partial charge >= 0.3 is 0 Å². The van der Waals surface area contributed by atoms with Crippen LogP contribution in [0.1, 0.15) is 38.2 Å². The Hall–Kier alpha value is -1.71. The van der Waals surface area contributed by atoms with Crippen LogP contribution in [0.4, 0.5) is 0 Å². The van der Waals surface area contributed by atoms with Gasteiger partial charge in [0.05, 0.1) is 0 Å². The molecular formula is C16H18N2S. The van der Waals surface area contributed by atoms with Gasteiger partial charge in [-0.1, -0.05) is 38.3 Å². The summed E-state index contributed by atoms with van der Waals surface area (Å²) in [6, 6.07) is 11.7. The normalized spacial score (nSPS) is 9.42. The summed E-state index contributed by atoms with van der Waals surface area (Å²) < 4.78 is 0. The van der Waals surface area contributed by atoms with E-state index in [2.05, 4.69) is 6.92 Å². The van der Waals surface area contributed by atoms with Crippen LogP contribution in [-0.2, 0) is 0 Å². The Labute approximate surface area is 119 Å². The number of nitrogens with zero attached hydrogens (tertiary/aromatic N) is 2. The highest BCUT2D eigenvalue weighted by atomic mass is 32.2. The van der Waals surface area contributed by atoms with Crippen molar-refractivity contribution in [3.05, 3.63) is 35.4 Å². The lowest BCUT2D eigenvalue weighted by molar-refractivity contribution is 0.706. The summed E-state index contributed by atoms with van der Waals surface area (Å²) >= 11 is 1.86. The Morgan fingerprint density at radius 1 is 1.11 bits per heavy atom. The third-order valence-electron chi connectivity index (χ3n) is 2.70.